The van der Waals surface area contributed by atoms with Crippen molar-refractivity contribution in [2.75, 3.05) is 5.32 Å². The van der Waals surface area contributed by atoms with Gasteiger partial charge in [0.2, 0.25) is 5.91 Å². The van der Waals surface area contributed by atoms with E-state index in [0.717, 1.165) is 18.4 Å². The fraction of sp³-hybridized carbons (Fsp3) is 0.353. The predicted octanol–water partition coefficient (Wildman–Crippen LogP) is 3.41. The second-order valence-corrected chi connectivity index (χ2v) is 6.49. The summed E-state index contributed by atoms with van der Waals surface area (Å²) in [6, 6.07) is 6.33. The van der Waals surface area contributed by atoms with Crippen LogP contribution in [0, 0.1) is 0 Å². The summed E-state index contributed by atoms with van der Waals surface area (Å²) < 4.78 is 0. The number of thiazole rings is 1. The minimum absolute atomic E-state index is 0.0913. The monoisotopic (exact) mass is 314 g/mol. The van der Waals surface area contributed by atoms with Gasteiger partial charge in [0.15, 0.2) is 10.9 Å². The van der Waals surface area contributed by atoms with Gasteiger partial charge in [-0.15, -0.1) is 11.3 Å². The number of aryl methyl sites for hydroxylation is 2. The minimum Gasteiger partial charge on any atom is -0.302 e. The lowest BCUT2D eigenvalue weighted by molar-refractivity contribution is -0.115. The van der Waals surface area contributed by atoms with Crippen LogP contribution in [0.1, 0.15) is 46.9 Å². The standard InChI is InChI=1S/C17H18N2O2S/c1-11(20)15-10-22-17(18-15)19-16(21)9-12-6-7-13-4-2-3-5-14(13)8-12/h6-8,10H,2-5,9H2,1H3,(H,18,19,21). The average molecular weight is 314 g/mol. The number of ketones is 1. The minimum atomic E-state index is -0.0970. The lowest BCUT2D eigenvalue weighted by atomic mass is 9.90. The zero-order valence-electron chi connectivity index (χ0n) is 12.5. The van der Waals surface area contributed by atoms with Crippen LogP contribution < -0.4 is 5.32 Å². The summed E-state index contributed by atoms with van der Waals surface area (Å²) in [5.41, 5.74) is 4.22. The first-order valence-corrected chi connectivity index (χ1v) is 8.37. The van der Waals surface area contributed by atoms with Crippen molar-refractivity contribution in [3.05, 3.63) is 46.0 Å². The first-order valence-electron chi connectivity index (χ1n) is 7.49. The van der Waals surface area contributed by atoms with Crippen molar-refractivity contribution in [2.24, 2.45) is 0 Å². The number of carbonyl (C=O) groups is 2. The van der Waals surface area contributed by atoms with Gasteiger partial charge in [-0.2, -0.15) is 0 Å². The molecule has 1 N–H and O–H groups in total. The Morgan fingerprint density at radius 3 is 2.73 bits per heavy atom. The molecule has 3 rings (SSSR count). The second-order valence-electron chi connectivity index (χ2n) is 5.63. The van der Waals surface area contributed by atoms with Gasteiger partial charge in [0.25, 0.3) is 0 Å². The molecule has 0 saturated carbocycles. The van der Waals surface area contributed by atoms with E-state index in [1.807, 2.05) is 6.07 Å². The third-order valence-corrected chi connectivity index (χ3v) is 4.65. The number of fused-ring (bicyclic) bond motifs is 1. The third-order valence-electron chi connectivity index (χ3n) is 3.89. The summed E-state index contributed by atoms with van der Waals surface area (Å²) in [6.07, 6.45) is 5.08. The van der Waals surface area contributed by atoms with E-state index < -0.39 is 0 Å². The zero-order valence-corrected chi connectivity index (χ0v) is 13.3. The van der Waals surface area contributed by atoms with E-state index in [2.05, 4.69) is 22.4 Å². The Balaban J connectivity index is 1.65. The van der Waals surface area contributed by atoms with Gasteiger partial charge in [-0.05, 0) is 42.4 Å². The van der Waals surface area contributed by atoms with E-state index in [1.54, 1.807) is 5.38 Å². The zero-order chi connectivity index (χ0) is 15.5. The van der Waals surface area contributed by atoms with Crippen molar-refractivity contribution in [1.82, 2.24) is 4.98 Å². The summed E-state index contributed by atoms with van der Waals surface area (Å²) in [4.78, 5) is 27.4. The number of nitrogens with zero attached hydrogens (tertiary/aromatic N) is 1. The lowest BCUT2D eigenvalue weighted by Crippen LogP contribution is -2.15. The van der Waals surface area contributed by atoms with E-state index in [0.29, 0.717) is 17.2 Å². The topological polar surface area (TPSA) is 59.1 Å². The number of hydrogen-bond acceptors (Lipinski definition) is 4. The van der Waals surface area contributed by atoms with Crippen molar-refractivity contribution in [3.63, 3.8) is 0 Å². The first-order chi connectivity index (χ1) is 10.6. The molecule has 0 spiro atoms. The van der Waals surface area contributed by atoms with E-state index in [1.165, 1.54) is 42.2 Å². The van der Waals surface area contributed by atoms with E-state index in [9.17, 15) is 9.59 Å². The number of benzene rings is 1. The molecule has 22 heavy (non-hydrogen) atoms. The Bertz CT molecular complexity index is 721. The molecule has 0 aliphatic heterocycles. The first kappa shape index (κ1) is 14.9. The molecule has 5 heteroatoms. The number of aromatic nitrogens is 1. The normalized spacial score (nSPS) is 13.5. The molecule has 1 aromatic carbocycles. The Morgan fingerprint density at radius 2 is 2.00 bits per heavy atom. The van der Waals surface area contributed by atoms with Crippen LogP contribution in [-0.4, -0.2) is 16.7 Å². The van der Waals surface area contributed by atoms with E-state index >= 15 is 0 Å². The number of anilines is 1. The maximum atomic E-state index is 12.1. The fourth-order valence-electron chi connectivity index (χ4n) is 2.74. The molecular weight excluding hydrogens is 296 g/mol. The van der Waals surface area contributed by atoms with Gasteiger partial charge in [0.1, 0.15) is 5.69 Å². The van der Waals surface area contributed by atoms with Crippen LogP contribution in [-0.2, 0) is 24.1 Å². The third kappa shape index (κ3) is 3.42. The van der Waals surface area contributed by atoms with Crippen molar-refractivity contribution < 1.29 is 9.59 Å². The van der Waals surface area contributed by atoms with Crippen LogP contribution >= 0.6 is 11.3 Å². The van der Waals surface area contributed by atoms with Gasteiger partial charge in [-0.1, -0.05) is 18.2 Å². The Morgan fingerprint density at radius 1 is 1.23 bits per heavy atom. The summed E-state index contributed by atoms with van der Waals surface area (Å²) in [6.45, 7) is 1.47. The molecule has 0 saturated heterocycles. The second kappa shape index (κ2) is 6.40. The summed E-state index contributed by atoms with van der Waals surface area (Å²) in [7, 11) is 0. The molecule has 0 bridgehead atoms. The Kier molecular flexibility index (Phi) is 4.34. The number of nitrogens with one attached hydrogen (secondary N) is 1. The predicted molar refractivity (Wildman–Crippen MR) is 87.5 cm³/mol. The molecule has 0 unspecified atom stereocenters. The quantitative estimate of drug-likeness (QED) is 0.880. The van der Waals surface area contributed by atoms with Crippen LogP contribution in [0.3, 0.4) is 0 Å². The van der Waals surface area contributed by atoms with Crippen LogP contribution in [0.5, 0.6) is 0 Å². The molecule has 0 atom stereocenters. The highest BCUT2D eigenvalue weighted by Crippen LogP contribution is 2.23. The van der Waals surface area contributed by atoms with Crippen molar-refractivity contribution >= 4 is 28.2 Å². The van der Waals surface area contributed by atoms with Crippen molar-refractivity contribution in [2.45, 2.75) is 39.0 Å². The Labute approximate surface area is 133 Å². The highest BCUT2D eigenvalue weighted by Gasteiger charge is 2.12. The molecular formula is C17H18N2O2S. The number of Topliss-reactive ketones (excluding diaryl/α,β-unsaturated/α-hetero) is 1. The average Bonchev–Trinajstić information content (AvgIpc) is 2.95. The lowest BCUT2D eigenvalue weighted by Gasteiger charge is -2.16. The molecule has 2 aromatic rings. The van der Waals surface area contributed by atoms with Crippen LogP contribution in [0.15, 0.2) is 23.6 Å². The SMILES string of the molecule is CC(=O)c1csc(NC(=O)Cc2ccc3c(c2)CCCC3)n1. The molecule has 1 aliphatic rings. The van der Waals surface area contributed by atoms with Crippen LogP contribution in [0.4, 0.5) is 5.13 Å². The number of amides is 1. The summed E-state index contributed by atoms with van der Waals surface area (Å²) in [5, 5.41) is 4.91. The van der Waals surface area contributed by atoms with Crippen molar-refractivity contribution in [1.29, 1.82) is 0 Å². The number of rotatable bonds is 4. The van der Waals surface area contributed by atoms with Crippen LogP contribution in [0.25, 0.3) is 0 Å². The molecule has 114 valence electrons. The van der Waals surface area contributed by atoms with E-state index in [4.69, 9.17) is 0 Å². The molecule has 1 aromatic heterocycles. The summed E-state index contributed by atoms with van der Waals surface area (Å²) in [5.74, 6) is -0.188. The smallest absolute Gasteiger partial charge is 0.230 e. The molecule has 0 radical (unpaired) electrons. The fourth-order valence-corrected chi connectivity index (χ4v) is 3.50. The van der Waals surface area contributed by atoms with Crippen molar-refractivity contribution in [3.8, 4) is 0 Å². The largest absolute Gasteiger partial charge is 0.302 e. The van der Waals surface area contributed by atoms with Gasteiger partial charge in [0.05, 0.1) is 6.42 Å². The van der Waals surface area contributed by atoms with Gasteiger partial charge < -0.3 is 5.32 Å². The molecule has 1 heterocycles. The highest BCUT2D eigenvalue weighted by molar-refractivity contribution is 7.14. The van der Waals surface area contributed by atoms with Crippen LogP contribution in [0.2, 0.25) is 0 Å². The van der Waals surface area contributed by atoms with Gasteiger partial charge in [-0.3, -0.25) is 9.59 Å². The molecule has 1 aliphatic carbocycles. The molecule has 1 amide bonds. The maximum absolute atomic E-state index is 12.1. The van der Waals surface area contributed by atoms with Gasteiger partial charge in [0, 0.05) is 12.3 Å². The van der Waals surface area contributed by atoms with E-state index in [-0.39, 0.29) is 11.7 Å². The molecule has 0 fully saturated rings. The number of carbonyl (C=O) groups excluding carboxylic acids is 2. The molecule has 4 nitrogen and oxygen atoms in total. The highest BCUT2D eigenvalue weighted by atomic mass is 32.1. The van der Waals surface area contributed by atoms with Gasteiger partial charge >= 0.3 is 0 Å². The Hall–Kier alpha value is -2.01. The maximum Gasteiger partial charge on any atom is 0.230 e. The van der Waals surface area contributed by atoms with Gasteiger partial charge in [-0.25, -0.2) is 4.98 Å². The summed E-state index contributed by atoms with van der Waals surface area (Å²) >= 11 is 1.28. The number of hydrogen-bond donors (Lipinski definition) is 1.